The summed E-state index contributed by atoms with van der Waals surface area (Å²) in [6, 6.07) is 35.1. The van der Waals surface area contributed by atoms with E-state index in [4.69, 9.17) is 9.98 Å². The molecule has 0 saturated heterocycles. The first-order valence-corrected chi connectivity index (χ1v) is 16.6. The minimum atomic E-state index is -3.17. The Bertz CT molecular complexity index is 2310. The Labute approximate surface area is 276 Å². The lowest BCUT2D eigenvalue weighted by atomic mass is 9.97. The van der Waals surface area contributed by atoms with E-state index in [-0.39, 0.29) is 11.1 Å². The fraction of sp³-hybridized carbons (Fsp3) is 0.122. The number of fused-ring (bicyclic) bond motifs is 6. The third-order valence-electron chi connectivity index (χ3n) is 8.91. The second-order valence-corrected chi connectivity index (χ2v) is 13.1. The van der Waals surface area contributed by atoms with Crippen LogP contribution in [-0.4, -0.2) is 17.8 Å². The van der Waals surface area contributed by atoms with Crippen LogP contribution in [0.25, 0.3) is 42.4 Å². The largest absolute Gasteiger partial charge is 0.324 e. The zero-order valence-corrected chi connectivity index (χ0v) is 26.8. The molecule has 1 unspecified atom stereocenters. The topological polar surface area (TPSA) is 36.8 Å². The Balaban J connectivity index is 1.16. The molecule has 6 heteroatoms. The van der Waals surface area contributed by atoms with E-state index in [0.717, 1.165) is 34.1 Å². The van der Waals surface area contributed by atoms with E-state index >= 15 is 8.78 Å². The Morgan fingerprint density at radius 1 is 0.723 bits per heavy atom. The molecule has 0 amide bonds. The normalized spacial score (nSPS) is 17.0. The molecule has 47 heavy (non-hydrogen) atoms. The van der Waals surface area contributed by atoms with Crippen LogP contribution < -0.4 is 5.32 Å². The summed E-state index contributed by atoms with van der Waals surface area (Å²) in [7, 11) is 0. The molecule has 8 rings (SSSR count). The zero-order chi connectivity index (χ0) is 32.1. The van der Waals surface area contributed by atoms with Crippen molar-refractivity contribution in [3.8, 4) is 22.3 Å². The van der Waals surface area contributed by atoms with Gasteiger partial charge in [0.1, 0.15) is 11.7 Å². The van der Waals surface area contributed by atoms with E-state index in [1.165, 1.54) is 14.8 Å². The van der Waals surface area contributed by atoms with Crippen molar-refractivity contribution in [3.63, 3.8) is 0 Å². The number of aliphatic imine (C=N–C) groups is 2. The van der Waals surface area contributed by atoms with Gasteiger partial charge in [0.15, 0.2) is 6.17 Å². The zero-order valence-electron chi connectivity index (χ0n) is 26.0. The highest BCUT2D eigenvalue weighted by Gasteiger charge is 2.45. The number of rotatable bonds is 6. The lowest BCUT2D eigenvalue weighted by Gasteiger charge is -2.23. The molecule has 5 aromatic carbocycles. The fourth-order valence-corrected chi connectivity index (χ4v) is 7.53. The van der Waals surface area contributed by atoms with Crippen molar-refractivity contribution in [1.82, 2.24) is 5.32 Å². The molecular weight excluding hydrogens is 605 g/mol. The minimum Gasteiger partial charge on any atom is -0.324 e. The van der Waals surface area contributed by atoms with Crippen LogP contribution in [0.2, 0.25) is 0 Å². The van der Waals surface area contributed by atoms with Crippen LogP contribution in [0.5, 0.6) is 0 Å². The smallest absolute Gasteiger partial charge is 0.299 e. The SMILES string of the molecule is CC/C=C\C=C(/C)C1N=C(c2ccccc2)NC(c2ccc3c(c2)C(F)(F)c2cc(-c4ccc5sc6ccccc6c5c4)ccc2-3)=N1. The molecule has 1 atom stereocenters. The van der Waals surface area contributed by atoms with Crippen LogP contribution in [0.15, 0.2) is 143 Å². The van der Waals surface area contributed by atoms with Crippen LogP contribution in [-0.2, 0) is 5.92 Å². The molecule has 0 radical (unpaired) electrons. The molecule has 0 saturated carbocycles. The maximum atomic E-state index is 16.4. The van der Waals surface area contributed by atoms with Gasteiger partial charge in [0, 0.05) is 42.4 Å². The van der Waals surface area contributed by atoms with Gasteiger partial charge >= 0.3 is 0 Å². The summed E-state index contributed by atoms with van der Waals surface area (Å²) in [6.45, 7) is 4.08. The van der Waals surface area contributed by atoms with E-state index in [9.17, 15) is 0 Å². The lowest BCUT2D eigenvalue weighted by molar-refractivity contribution is 0.0480. The first-order valence-electron chi connectivity index (χ1n) is 15.8. The van der Waals surface area contributed by atoms with Gasteiger partial charge in [0.05, 0.1) is 0 Å². The van der Waals surface area contributed by atoms with Crippen molar-refractivity contribution < 1.29 is 8.78 Å². The van der Waals surface area contributed by atoms with Crippen LogP contribution in [0.3, 0.4) is 0 Å². The van der Waals surface area contributed by atoms with Crippen LogP contribution in [0.4, 0.5) is 8.78 Å². The Kier molecular flexibility index (Phi) is 7.18. The predicted octanol–water partition coefficient (Wildman–Crippen LogP) is 10.9. The number of hydrogen-bond donors (Lipinski definition) is 1. The molecule has 1 aromatic heterocycles. The average molecular weight is 636 g/mol. The molecule has 6 aromatic rings. The highest BCUT2D eigenvalue weighted by molar-refractivity contribution is 7.25. The molecule has 0 bridgehead atoms. The Hall–Kier alpha value is -5.20. The molecule has 2 heterocycles. The molecule has 3 nitrogen and oxygen atoms in total. The second kappa shape index (κ2) is 11.6. The summed E-state index contributed by atoms with van der Waals surface area (Å²) in [6.07, 6.45) is 6.54. The summed E-state index contributed by atoms with van der Waals surface area (Å²) in [4.78, 5) is 9.78. The monoisotopic (exact) mass is 635 g/mol. The summed E-state index contributed by atoms with van der Waals surface area (Å²) in [5.41, 5.74) is 5.29. The van der Waals surface area contributed by atoms with Crippen LogP contribution >= 0.6 is 11.3 Å². The number of hydrogen-bond acceptors (Lipinski definition) is 4. The van der Waals surface area contributed by atoms with Crippen molar-refractivity contribution in [3.05, 3.63) is 155 Å². The quantitative estimate of drug-likeness (QED) is 0.182. The van der Waals surface area contributed by atoms with Gasteiger partial charge < -0.3 is 5.32 Å². The number of allylic oxidation sites excluding steroid dienone is 3. The highest BCUT2D eigenvalue weighted by Crippen LogP contribution is 2.52. The minimum absolute atomic E-state index is 0.00982. The number of alkyl halides is 2. The van der Waals surface area contributed by atoms with Crippen LogP contribution in [0.1, 0.15) is 42.5 Å². The van der Waals surface area contributed by atoms with E-state index in [0.29, 0.717) is 28.4 Å². The number of benzene rings is 5. The van der Waals surface area contributed by atoms with Gasteiger partial charge in [-0.25, -0.2) is 9.98 Å². The van der Waals surface area contributed by atoms with Gasteiger partial charge in [-0.2, -0.15) is 8.78 Å². The van der Waals surface area contributed by atoms with E-state index in [2.05, 4.69) is 42.6 Å². The number of nitrogens with zero attached hydrogens (tertiary/aromatic N) is 2. The van der Waals surface area contributed by atoms with Gasteiger partial charge in [0.25, 0.3) is 5.92 Å². The number of amidine groups is 2. The fourth-order valence-electron chi connectivity index (χ4n) is 6.44. The van der Waals surface area contributed by atoms with Gasteiger partial charge in [-0.3, -0.25) is 0 Å². The molecule has 1 aliphatic carbocycles. The summed E-state index contributed by atoms with van der Waals surface area (Å²) in [5, 5.41) is 5.68. The molecule has 1 N–H and O–H groups in total. The number of nitrogens with one attached hydrogen (secondary N) is 1. The van der Waals surface area contributed by atoms with Crippen molar-refractivity contribution in [2.75, 3.05) is 0 Å². The van der Waals surface area contributed by atoms with Crippen molar-refractivity contribution in [2.45, 2.75) is 32.4 Å². The molecule has 1 aliphatic heterocycles. The molecule has 0 fully saturated rings. The average Bonchev–Trinajstić information content (AvgIpc) is 3.59. The van der Waals surface area contributed by atoms with Crippen molar-refractivity contribution in [1.29, 1.82) is 0 Å². The van der Waals surface area contributed by atoms with Crippen molar-refractivity contribution >= 4 is 43.2 Å². The van der Waals surface area contributed by atoms with Gasteiger partial charge in [0.2, 0.25) is 0 Å². The first-order chi connectivity index (χ1) is 22.9. The molecule has 0 spiro atoms. The maximum absolute atomic E-state index is 16.4. The maximum Gasteiger partial charge on any atom is 0.299 e. The lowest BCUT2D eigenvalue weighted by Crippen LogP contribution is -2.38. The highest BCUT2D eigenvalue weighted by atomic mass is 32.1. The Morgan fingerprint density at radius 2 is 1.34 bits per heavy atom. The standard InChI is InChI=1S/C41H31F2N3S/c1-3-4-6-11-25(2)38-44-39(26-12-7-5-8-13-26)46-40(45-38)29-17-20-31-30-19-16-28(23-34(30)41(42,43)35(31)24-29)27-18-21-37-33(22-27)32-14-9-10-15-36(32)47-37/h4-24,38H,3H2,1-2H3,(H,44,45,46)/b6-4-,25-11+. The van der Waals surface area contributed by atoms with Gasteiger partial charge in [-0.1, -0.05) is 104 Å². The summed E-state index contributed by atoms with van der Waals surface area (Å²) in [5.74, 6) is -1.99. The summed E-state index contributed by atoms with van der Waals surface area (Å²) >= 11 is 1.75. The number of halogens is 2. The third-order valence-corrected chi connectivity index (χ3v) is 10.1. The second-order valence-electron chi connectivity index (χ2n) is 12.0. The van der Waals surface area contributed by atoms with Gasteiger partial charge in [-0.05, 0) is 71.5 Å². The number of thiophene rings is 1. The van der Waals surface area contributed by atoms with E-state index in [1.54, 1.807) is 29.5 Å². The Morgan fingerprint density at radius 3 is 2.11 bits per heavy atom. The van der Waals surface area contributed by atoms with Crippen LogP contribution in [0, 0.1) is 0 Å². The molecule has 230 valence electrons. The van der Waals surface area contributed by atoms with Crippen molar-refractivity contribution in [2.24, 2.45) is 9.98 Å². The van der Waals surface area contributed by atoms with Gasteiger partial charge in [-0.15, -0.1) is 11.3 Å². The summed E-state index contributed by atoms with van der Waals surface area (Å²) < 4.78 is 35.2. The predicted molar refractivity (Wildman–Crippen MR) is 193 cm³/mol. The van der Waals surface area contributed by atoms with E-state index in [1.807, 2.05) is 85.8 Å². The van der Waals surface area contributed by atoms with E-state index < -0.39 is 12.1 Å². The third kappa shape index (κ3) is 5.09. The first kappa shape index (κ1) is 29.2. The molecule has 2 aliphatic rings. The molecular formula is C41H31F2N3S.